The van der Waals surface area contributed by atoms with Crippen LogP contribution in [0.25, 0.3) is 0 Å². The van der Waals surface area contributed by atoms with Crippen molar-refractivity contribution in [2.24, 2.45) is 0 Å². The first-order chi connectivity index (χ1) is 8.81. The van der Waals surface area contributed by atoms with Crippen LogP contribution in [0.15, 0.2) is 17.2 Å². The molecule has 1 aliphatic heterocycles. The Bertz CT molecular complexity index is 424. The van der Waals surface area contributed by atoms with Crippen molar-refractivity contribution >= 4 is 0 Å². The van der Waals surface area contributed by atoms with Crippen LogP contribution in [-0.2, 0) is 6.54 Å². The fraction of sp³-hybridized carbons (Fsp3) is 0.692. The second-order valence-electron chi connectivity index (χ2n) is 4.69. The van der Waals surface area contributed by atoms with E-state index in [1.807, 2.05) is 6.92 Å². The molecular formula is C13H21N3O2. The van der Waals surface area contributed by atoms with E-state index in [1.54, 1.807) is 17.0 Å². The lowest BCUT2D eigenvalue weighted by Crippen LogP contribution is -2.39. The summed E-state index contributed by atoms with van der Waals surface area (Å²) in [6.45, 7) is 4.31. The number of nitrogens with zero attached hydrogens (tertiary/aromatic N) is 2. The Kier molecular flexibility index (Phi) is 4.75. The van der Waals surface area contributed by atoms with E-state index in [-0.39, 0.29) is 11.4 Å². The lowest BCUT2D eigenvalue weighted by Gasteiger charge is -2.23. The number of piperidine rings is 1. The lowest BCUT2D eigenvalue weighted by molar-refractivity contribution is 0.228. The zero-order chi connectivity index (χ0) is 12.8. The van der Waals surface area contributed by atoms with Gasteiger partial charge in [-0.2, -0.15) is 0 Å². The Morgan fingerprint density at radius 1 is 1.56 bits per heavy atom. The summed E-state index contributed by atoms with van der Waals surface area (Å²) in [5.41, 5.74) is -0.129. The van der Waals surface area contributed by atoms with Gasteiger partial charge in [-0.05, 0) is 25.8 Å². The first-order valence-corrected chi connectivity index (χ1v) is 6.73. The Morgan fingerprint density at radius 2 is 2.44 bits per heavy atom. The molecule has 1 saturated heterocycles. The van der Waals surface area contributed by atoms with Crippen LogP contribution in [0.5, 0.6) is 5.88 Å². The topological polar surface area (TPSA) is 56.1 Å². The summed E-state index contributed by atoms with van der Waals surface area (Å²) < 4.78 is 7.21. The van der Waals surface area contributed by atoms with Gasteiger partial charge >= 0.3 is 5.56 Å². The summed E-state index contributed by atoms with van der Waals surface area (Å²) in [6.07, 6.45) is 7.81. The molecule has 5 nitrogen and oxygen atoms in total. The molecule has 0 spiro atoms. The van der Waals surface area contributed by atoms with E-state index in [1.165, 1.54) is 12.8 Å². The van der Waals surface area contributed by atoms with Crippen LogP contribution in [0.2, 0.25) is 0 Å². The zero-order valence-corrected chi connectivity index (χ0v) is 10.9. The highest BCUT2D eigenvalue weighted by Gasteiger charge is 2.14. The van der Waals surface area contributed by atoms with E-state index in [9.17, 15) is 4.79 Å². The smallest absolute Gasteiger partial charge is 0.313 e. The number of aromatic nitrogens is 2. The number of hydrogen-bond acceptors (Lipinski definition) is 4. The average Bonchev–Trinajstić information content (AvgIpc) is 2.41. The maximum atomic E-state index is 12.0. The maximum Gasteiger partial charge on any atom is 0.313 e. The molecule has 1 atom stereocenters. The van der Waals surface area contributed by atoms with E-state index in [0.717, 1.165) is 19.4 Å². The number of aryl methyl sites for hydroxylation is 1. The minimum atomic E-state index is -0.129. The van der Waals surface area contributed by atoms with E-state index in [4.69, 9.17) is 4.74 Å². The highest BCUT2D eigenvalue weighted by atomic mass is 16.5. The predicted molar refractivity (Wildman–Crippen MR) is 69.9 cm³/mol. The van der Waals surface area contributed by atoms with E-state index >= 15 is 0 Å². The van der Waals surface area contributed by atoms with Crippen molar-refractivity contribution in [3.05, 3.63) is 22.7 Å². The minimum Gasteiger partial charge on any atom is -0.472 e. The average molecular weight is 251 g/mol. The van der Waals surface area contributed by atoms with Gasteiger partial charge in [-0.15, -0.1) is 0 Å². The number of hydrogen-bond donors (Lipinski definition) is 1. The second-order valence-corrected chi connectivity index (χ2v) is 4.69. The molecule has 1 fully saturated rings. The van der Waals surface area contributed by atoms with Gasteiger partial charge < -0.3 is 14.6 Å². The van der Waals surface area contributed by atoms with E-state index in [2.05, 4.69) is 10.3 Å². The van der Waals surface area contributed by atoms with Crippen LogP contribution in [0.4, 0.5) is 0 Å². The number of nitrogens with one attached hydrogen (secondary N) is 1. The van der Waals surface area contributed by atoms with Crippen molar-refractivity contribution < 1.29 is 4.74 Å². The summed E-state index contributed by atoms with van der Waals surface area (Å²) in [5, 5.41) is 3.39. The van der Waals surface area contributed by atoms with Crippen molar-refractivity contribution in [1.82, 2.24) is 14.9 Å². The number of ether oxygens (including phenoxy) is 1. The fourth-order valence-electron chi connectivity index (χ4n) is 2.19. The quantitative estimate of drug-likeness (QED) is 0.853. The Hall–Kier alpha value is -1.36. The third kappa shape index (κ3) is 3.32. The predicted octanol–water partition coefficient (Wildman–Crippen LogP) is 1.17. The van der Waals surface area contributed by atoms with Gasteiger partial charge in [-0.3, -0.25) is 4.79 Å². The molecule has 5 heteroatoms. The van der Waals surface area contributed by atoms with Gasteiger partial charge in [-0.1, -0.05) is 13.3 Å². The standard InChI is InChI=1S/C13H21N3O2/c1-2-8-16-9-7-15-12(13(16)17)18-10-11-5-3-4-6-14-11/h7,9,11,14H,2-6,8,10H2,1H3. The molecule has 0 radical (unpaired) electrons. The SMILES string of the molecule is CCCn1ccnc(OCC2CCCCN2)c1=O. The molecule has 0 amide bonds. The summed E-state index contributed by atoms with van der Waals surface area (Å²) >= 11 is 0. The van der Waals surface area contributed by atoms with Crippen molar-refractivity contribution in [2.45, 2.75) is 45.2 Å². The van der Waals surface area contributed by atoms with Gasteiger partial charge in [0.1, 0.15) is 6.61 Å². The highest BCUT2D eigenvalue weighted by molar-refractivity contribution is 5.04. The molecule has 1 N–H and O–H groups in total. The molecule has 0 bridgehead atoms. The maximum absolute atomic E-state index is 12.0. The largest absolute Gasteiger partial charge is 0.472 e. The molecule has 0 aliphatic carbocycles. The van der Waals surface area contributed by atoms with Crippen LogP contribution in [-0.4, -0.2) is 28.7 Å². The van der Waals surface area contributed by atoms with Crippen LogP contribution < -0.4 is 15.6 Å². The molecule has 100 valence electrons. The van der Waals surface area contributed by atoms with Gasteiger partial charge in [0.05, 0.1) is 0 Å². The summed E-state index contributed by atoms with van der Waals surface area (Å²) in [5.74, 6) is 0.221. The first kappa shape index (κ1) is 13.1. The molecule has 2 heterocycles. The second kappa shape index (κ2) is 6.54. The number of rotatable bonds is 5. The fourth-order valence-corrected chi connectivity index (χ4v) is 2.19. The Balaban J connectivity index is 1.96. The lowest BCUT2D eigenvalue weighted by atomic mass is 10.1. The molecule has 2 rings (SSSR count). The van der Waals surface area contributed by atoms with Crippen molar-refractivity contribution in [1.29, 1.82) is 0 Å². The minimum absolute atomic E-state index is 0.129. The van der Waals surface area contributed by atoms with Gasteiger partial charge in [0.15, 0.2) is 0 Å². The van der Waals surface area contributed by atoms with Gasteiger partial charge in [0, 0.05) is 25.0 Å². The molecule has 1 unspecified atom stereocenters. The zero-order valence-electron chi connectivity index (χ0n) is 10.9. The Labute approximate surface area is 107 Å². The third-order valence-corrected chi connectivity index (χ3v) is 3.18. The van der Waals surface area contributed by atoms with Gasteiger partial charge in [-0.25, -0.2) is 4.98 Å². The summed E-state index contributed by atoms with van der Waals surface area (Å²) in [4.78, 5) is 16.0. The Morgan fingerprint density at radius 3 is 3.17 bits per heavy atom. The molecule has 1 aromatic rings. The molecule has 1 aromatic heterocycles. The van der Waals surface area contributed by atoms with Crippen molar-refractivity contribution in [3.8, 4) is 5.88 Å². The molecule has 1 aliphatic rings. The van der Waals surface area contributed by atoms with Crippen molar-refractivity contribution in [3.63, 3.8) is 0 Å². The van der Waals surface area contributed by atoms with Crippen LogP contribution >= 0.6 is 0 Å². The molecule has 0 saturated carbocycles. The molecule has 0 aromatic carbocycles. The van der Waals surface area contributed by atoms with Crippen LogP contribution in [0, 0.1) is 0 Å². The third-order valence-electron chi connectivity index (χ3n) is 3.18. The molecular weight excluding hydrogens is 230 g/mol. The van der Waals surface area contributed by atoms with Gasteiger partial charge in [0.25, 0.3) is 5.88 Å². The van der Waals surface area contributed by atoms with Crippen molar-refractivity contribution in [2.75, 3.05) is 13.2 Å². The molecule has 18 heavy (non-hydrogen) atoms. The normalized spacial score (nSPS) is 19.7. The summed E-state index contributed by atoms with van der Waals surface area (Å²) in [7, 11) is 0. The van der Waals surface area contributed by atoms with E-state index < -0.39 is 0 Å². The van der Waals surface area contributed by atoms with E-state index in [0.29, 0.717) is 19.2 Å². The van der Waals surface area contributed by atoms with Gasteiger partial charge in [0.2, 0.25) is 0 Å². The van der Waals surface area contributed by atoms with Crippen LogP contribution in [0.1, 0.15) is 32.6 Å². The summed E-state index contributed by atoms with van der Waals surface area (Å²) in [6, 6.07) is 0.347. The van der Waals surface area contributed by atoms with Crippen LogP contribution in [0.3, 0.4) is 0 Å². The first-order valence-electron chi connectivity index (χ1n) is 6.73. The monoisotopic (exact) mass is 251 g/mol. The highest BCUT2D eigenvalue weighted by Crippen LogP contribution is 2.08.